The smallest absolute Gasteiger partial charge is 0.303 e. The summed E-state index contributed by atoms with van der Waals surface area (Å²) in [5, 5.41) is 17.2. The Morgan fingerprint density at radius 1 is 1.38 bits per heavy atom. The summed E-state index contributed by atoms with van der Waals surface area (Å²) in [5.74, 6) is -0.777. The molecule has 0 saturated heterocycles. The van der Waals surface area contributed by atoms with E-state index < -0.39 is 5.97 Å². The molecule has 0 radical (unpaired) electrons. The SMILES string of the molecule is O=C(O)CCc1cccc(C=CCCO)c1. The van der Waals surface area contributed by atoms with Gasteiger partial charge >= 0.3 is 5.97 Å². The van der Waals surface area contributed by atoms with Gasteiger partial charge in [0.2, 0.25) is 0 Å². The fraction of sp³-hybridized carbons (Fsp3) is 0.308. The lowest BCUT2D eigenvalue weighted by molar-refractivity contribution is -0.136. The van der Waals surface area contributed by atoms with Gasteiger partial charge in [0.1, 0.15) is 0 Å². The Bertz CT molecular complexity index is 369. The largest absolute Gasteiger partial charge is 0.481 e. The highest BCUT2D eigenvalue weighted by Crippen LogP contribution is 2.09. The van der Waals surface area contributed by atoms with E-state index in [1.54, 1.807) is 0 Å². The number of aryl methyl sites for hydroxylation is 1. The Morgan fingerprint density at radius 2 is 2.19 bits per heavy atom. The third-order valence-corrected chi connectivity index (χ3v) is 2.18. The zero-order valence-corrected chi connectivity index (χ0v) is 9.10. The average molecular weight is 220 g/mol. The maximum atomic E-state index is 10.4. The highest BCUT2D eigenvalue weighted by molar-refractivity contribution is 5.67. The molecule has 1 aromatic rings. The first kappa shape index (κ1) is 12.5. The molecule has 3 nitrogen and oxygen atoms in total. The number of aliphatic hydroxyl groups excluding tert-OH is 1. The lowest BCUT2D eigenvalue weighted by Gasteiger charge is -2.00. The normalized spacial score (nSPS) is 10.8. The highest BCUT2D eigenvalue weighted by Gasteiger charge is 1.98. The molecule has 0 amide bonds. The van der Waals surface area contributed by atoms with Crippen LogP contribution in [0.1, 0.15) is 24.0 Å². The van der Waals surface area contributed by atoms with Crippen LogP contribution in [-0.4, -0.2) is 22.8 Å². The molecule has 0 aromatic heterocycles. The number of rotatable bonds is 6. The molecule has 0 unspecified atom stereocenters. The third-order valence-electron chi connectivity index (χ3n) is 2.18. The number of aliphatic carboxylic acids is 1. The van der Waals surface area contributed by atoms with Gasteiger partial charge < -0.3 is 10.2 Å². The molecule has 1 rings (SSSR count). The second kappa shape index (κ2) is 6.80. The van der Waals surface area contributed by atoms with Crippen molar-refractivity contribution in [2.75, 3.05) is 6.61 Å². The molecule has 0 saturated carbocycles. The second-order valence-electron chi connectivity index (χ2n) is 3.55. The zero-order valence-electron chi connectivity index (χ0n) is 9.10. The molecular weight excluding hydrogens is 204 g/mol. The zero-order chi connectivity index (χ0) is 11.8. The van der Waals surface area contributed by atoms with Gasteiger partial charge in [-0.1, -0.05) is 36.4 Å². The Hall–Kier alpha value is -1.61. The van der Waals surface area contributed by atoms with E-state index in [-0.39, 0.29) is 13.0 Å². The molecule has 0 aliphatic heterocycles. The molecule has 0 bridgehead atoms. The molecule has 2 N–H and O–H groups in total. The van der Waals surface area contributed by atoms with E-state index in [1.807, 2.05) is 36.4 Å². The van der Waals surface area contributed by atoms with Gasteiger partial charge in [0.15, 0.2) is 0 Å². The van der Waals surface area contributed by atoms with Gasteiger partial charge in [0.05, 0.1) is 0 Å². The quantitative estimate of drug-likeness (QED) is 0.771. The number of carbonyl (C=O) groups is 1. The van der Waals surface area contributed by atoms with E-state index in [0.717, 1.165) is 11.1 Å². The van der Waals surface area contributed by atoms with Crippen molar-refractivity contribution in [2.45, 2.75) is 19.3 Å². The summed E-state index contributed by atoms with van der Waals surface area (Å²) in [6, 6.07) is 7.76. The predicted molar refractivity (Wildman–Crippen MR) is 63.1 cm³/mol. The topological polar surface area (TPSA) is 57.5 Å². The van der Waals surface area contributed by atoms with Crippen LogP contribution in [0, 0.1) is 0 Å². The number of hydrogen-bond acceptors (Lipinski definition) is 2. The molecule has 16 heavy (non-hydrogen) atoms. The number of aliphatic hydroxyl groups is 1. The molecule has 0 atom stereocenters. The number of benzene rings is 1. The van der Waals surface area contributed by atoms with Crippen LogP contribution in [0.3, 0.4) is 0 Å². The van der Waals surface area contributed by atoms with Gasteiger partial charge in [0.25, 0.3) is 0 Å². The first-order valence-electron chi connectivity index (χ1n) is 5.30. The second-order valence-corrected chi connectivity index (χ2v) is 3.55. The fourth-order valence-electron chi connectivity index (χ4n) is 1.40. The van der Waals surface area contributed by atoms with E-state index >= 15 is 0 Å². The van der Waals surface area contributed by atoms with Crippen molar-refractivity contribution in [3.05, 3.63) is 41.5 Å². The molecule has 0 aliphatic rings. The van der Waals surface area contributed by atoms with Crippen LogP contribution >= 0.6 is 0 Å². The molecule has 86 valence electrons. The lowest BCUT2D eigenvalue weighted by atomic mass is 10.1. The summed E-state index contributed by atoms with van der Waals surface area (Å²) in [7, 11) is 0. The van der Waals surface area contributed by atoms with Crippen LogP contribution < -0.4 is 0 Å². The maximum absolute atomic E-state index is 10.4. The minimum absolute atomic E-state index is 0.148. The van der Waals surface area contributed by atoms with Gasteiger partial charge in [-0.05, 0) is 24.0 Å². The first-order valence-corrected chi connectivity index (χ1v) is 5.30. The van der Waals surface area contributed by atoms with E-state index in [1.165, 1.54) is 0 Å². The van der Waals surface area contributed by atoms with Crippen molar-refractivity contribution in [1.82, 2.24) is 0 Å². The molecule has 0 fully saturated rings. The maximum Gasteiger partial charge on any atom is 0.303 e. The summed E-state index contributed by atoms with van der Waals surface area (Å²) in [5.41, 5.74) is 2.06. The summed E-state index contributed by atoms with van der Waals surface area (Å²) in [4.78, 5) is 10.4. The van der Waals surface area contributed by atoms with Gasteiger partial charge in [-0.2, -0.15) is 0 Å². The van der Waals surface area contributed by atoms with Crippen LogP contribution in [0.4, 0.5) is 0 Å². The van der Waals surface area contributed by atoms with Crippen molar-refractivity contribution in [3.63, 3.8) is 0 Å². The van der Waals surface area contributed by atoms with Gasteiger partial charge in [-0.3, -0.25) is 4.79 Å². The number of carboxylic acid groups (broad SMARTS) is 1. The first-order chi connectivity index (χ1) is 7.72. The molecule has 0 aliphatic carbocycles. The molecule has 0 heterocycles. The monoisotopic (exact) mass is 220 g/mol. The van der Waals surface area contributed by atoms with Gasteiger partial charge in [-0.25, -0.2) is 0 Å². The fourth-order valence-corrected chi connectivity index (χ4v) is 1.40. The summed E-state index contributed by atoms with van der Waals surface area (Å²) in [6.45, 7) is 0.148. The van der Waals surface area contributed by atoms with Gasteiger partial charge in [-0.15, -0.1) is 0 Å². The Labute approximate surface area is 95.0 Å². The van der Waals surface area contributed by atoms with Crippen molar-refractivity contribution in [3.8, 4) is 0 Å². The Kier molecular flexibility index (Phi) is 5.29. The summed E-state index contributed by atoms with van der Waals surface area (Å²) in [6.07, 6.45) is 5.18. The standard InChI is InChI=1S/C13H16O3/c14-9-2-1-4-11-5-3-6-12(10-11)7-8-13(15)16/h1,3-6,10,14H,2,7-9H2,(H,15,16). The van der Waals surface area contributed by atoms with E-state index in [9.17, 15) is 4.79 Å². The van der Waals surface area contributed by atoms with E-state index in [2.05, 4.69) is 0 Å². The molecule has 0 spiro atoms. The van der Waals surface area contributed by atoms with Crippen LogP contribution in [0.25, 0.3) is 6.08 Å². The average Bonchev–Trinajstić information content (AvgIpc) is 2.27. The minimum atomic E-state index is -0.777. The van der Waals surface area contributed by atoms with Crippen molar-refractivity contribution in [1.29, 1.82) is 0 Å². The molecular formula is C13H16O3. The predicted octanol–water partition coefficient (Wildman–Crippen LogP) is 2.10. The summed E-state index contributed by atoms with van der Waals surface area (Å²) < 4.78 is 0. The van der Waals surface area contributed by atoms with Crippen LogP contribution in [0.2, 0.25) is 0 Å². The number of carboxylic acids is 1. The van der Waals surface area contributed by atoms with Crippen LogP contribution in [0.15, 0.2) is 30.3 Å². The third kappa shape index (κ3) is 4.75. The van der Waals surface area contributed by atoms with Crippen LogP contribution in [-0.2, 0) is 11.2 Å². The van der Waals surface area contributed by atoms with E-state index in [4.69, 9.17) is 10.2 Å². The van der Waals surface area contributed by atoms with Crippen molar-refractivity contribution < 1.29 is 15.0 Å². The number of hydrogen-bond donors (Lipinski definition) is 2. The van der Waals surface area contributed by atoms with Crippen molar-refractivity contribution in [2.24, 2.45) is 0 Å². The van der Waals surface area contributed by atoms with Crippen molar-refractivity contribution >= 4 is 12.0 Å². The minimum Gasteiger partial charge on any atom is -0.481 e. The highest BCUT2D eigenvalue weighted by atomic mass is 16.4. The Balaban J connectivity index is 2.60. The Morgan fingerprint density at radius 3 is 2.88 bits per heavy atom. The van der Waals surface area contributed by atoms with E-state index in [0.29, 0.717) is 12.8 Å². The molecule has 3 heteroatoms. The lowest BCUT2D eigenvalue weighted by Crippen LogP contribution is -1.97. The van der Waals surface area contributed by atoms with Crippen LogP contribution in [0.5, 0.6) is 0 Å². The summed E-state index contributed by atoms with van der Waals surface area (Å²) >= 11 is 0. The molecule has 1 aromatic carbocycles. The van der Waals surface area contributed by atoms with Gasteiger partial charge in [0, 0.05) is 13.0 Å².